The number of hydrogen-bond donors (Lipinski definition) is 1. The normalized spacial score (nSPS) is 18.5. The molecule has 2 fully saturated rings. The van der Waals surface area contributed by atoms with E-state index in [9.17, 15) is 0 Å². The van der Waals surface area contributed by atoms with E-state index in [-0.39, 0.29) is 0 Å². The number of fused-ring (bicyclic) bond motifs is 2. The molecule has 196 valence electrons. The van der Waals surface area contributed by atoms with Crippen molar-refractivity contribution in [2.24, 2.45) is 0 Å². The van der Waals surface area contributed by atoms with E-state index < -0.39 is 0 Å². The van der Waals surface area contributed by atoms with Crippen molar-refractivity contribution in [2.45, 2.75) is 51.1 Å². The Morgan fingerprint density at radius 2 is 1.61 bits per heavy atom. The lowest BCUT2D eigenvalue weighted by atomic mass is 9.95. The van der Waals surface area contributed by atoms with E-state index in [1.807, 2.05) is 6.33 Å². The largest absolute Gasteiger partial charge is 0.378 e. The molecule has 2 aliphatic heterocycles. The standard InChI is InChI=1S/C30H35N7O/c1-2-8-26(9-3-1)37-21-31-27-28(32-24-10-12-25(13-11-24)35-16-18-38-19-17-35)33-30(34-29(27)37)36-15-14-22-6-4-5-7-23(22)20-36/h4-7,10-13,21,26H,1-3,8-9,14-20H2,(H,32,33,34). The number of rotatable bonds is 5. The summed E-state index contributed by atoms with van der Waals surface area (Å²) in [5.41, 5.74) is 6.79. The van der Waals surface area contributed by atoms with E-state index in [1.165, 1.54) is 48.9 Å². The van der Waals surface area contributed by atoms with Gasteiger partial charge in [-0.2, -0.15) is 9.97 Å². The zero-order valence-corrected chi connectivity index (χ0v) is 21.9. The van der Waals surface area contributed by atoms with Crippen molar-refractivity contribution >= 4 is 34.3 Å². The molecule has 1 aliphatic carbocycles. The van der Waals surface area contributed by atoms with Crippen molar-refractivity contribution in [3.05, 3.63) is 66.0 Å². The summed E-state index contributed by atoms with van der Waals surface area (Å²) < 4.78 is 7.82. The number of ether oxygens (including phenoxy) is 1. The van der Waals surface area contributed by atoms with Crippen molar-refractivity contribution in [1.29, 1.82) is 0 Å². The minimum absolute atomic E-state index is 0.458. The predicted molar refractivity (Wildman–Crippen MR) is 151 cm³/mol. The minimum atomic E-state index is 0.458. The Kier molecular flexibility index (Phi) is 6.33. The zero-order valence-electron chi connectivity index (χ0n) is 21.9. The van der Waals surface area contributed by atoms with Crippen LogP contribution in [0.3, 0.4) is 0 Å². The van der Waals surface area contributed by atoms with Gasteiger partial charge in [-0.1, -0.05) is 43.5 Å². The molecule has 38 heavy (non-hydrogen) atoms. The SMILES string of the molecule is c1ccc2c(c1)CCN(c1nc(Nc3ccc(N4CCOCC4)cc3)c3ncn(C4CCCCC4)c3n1)C2. The Labute approximate surface area is 223 Å². The second-order valence-electron chi connectivity index (χ2n) is 10.7. The molecule has 7 rings (SSSR count). The molecule has 0 unspecified atom stereocenters. The molecule has 0 bridgehead atoms. The lowest BCUT2D eigenvalue weighted by Gasteiger charge is -2.29. The number of anilines is 4. The third-order valence-electron chi connectivity index (χ3n) is 8.30. The second kappa shape index (κ2) is 10.3. The third-order valence-corrected chi connectivity index (χ3v) is 8.30. The van der Waals surface area contributed by atoms with Crippen molar-refractivity contribution in [2.75, 3.05) is 48.0 Å². The van der Waals surface area contributed by atoms with Gasteiger partial charge in [0, 0.05) is 43.6 Å². The average Bonchev–Trinajstić information content (AvgIpc) is 3.43. The number of benzene rings is 2. The quantitative estimate of drug-likeness (QED) is 0.382. The van der Waals surface area contributed by atoms with Crippen molar-refractivity contribution in [3.63, 3.8) is 0 Å². The molecule has 0 spiro atoms. The summed E-state index contributed by atoms with van der Waals surface area (Å²) in [5.74, 6) is 1.55. The molecule has 1 saturated carbocycles. The number of nitrogens with one attached hydrogen (secondary N) is 1. The molecule has 0 radical (unpaired) electrons. The first-order chi connectivity index (χ1) is 18.8. The van der Waals surface area contributed by atoms with Gasteiger partial charge >= 0.3 is 0 Å². The van der Waals surface area contributed by atoms with Crippen LogP contribution in [0.1, 0.15) is 49.3 Å². The van der Waals surface area contributed by atoms with Gasteiger partial charge in [0.25, 0.3) is 0 Å². The Morgan fingerprint density at radius 3 is 2.42 bits per heavy atom. The first kappa shape index (κ1) is 23.5. The summed E-state index contributed by atoms with van der Waals surface area (Å²) in [4.78, 5) is 19.7. The molecule has 1 saturated heterocycles. The van der Waals surface area contributed by atoms with Crippen LogP contribution in [-0.2, 0) is 17.7 Å². The Morgan fingerprint density at radius 1 is 0.816 bits per heavy atom. The van der Waals surface area contributed by atoms with Crippen LogP contribution < -0.4 is 15.1 Å². The molecule has 0 atom stereocenters. The maximum atomic E-state index is 5.51. The van der Waals surface area contributed by atoms with Crippen LogP contribution in [-0.4, -0.2) is 52.4 Å². The van der Waals surface area contributed by atoms with E-state index in [0.717, 1.165) is 74.4 Å². The Bertz CT molecular complexity index is 1400. The maximum Gasteiger partial charge on any atom is 0.229 e. The van der Waals surface area contributed by atoms with Crippen LogP contribution >= 0.6 is 0 Å². The van der Waals surface area contributed by atoms with E-state index in [1.54, 1.807) is 0 Å². The third kappa shape index (κ3) is 4.58. The Balaban J connectivity index is 1.23. The number of imidazole rings is 1. The van der Waals surface area contributed by atoms with Gasteiger partial charge in [-0.25, -0.2) is 4.98 Å². The molecule has 4 aromatic rings. The summed E-state index contributed by atoms with van der Waals surface area (Å²) in [6, 6.07) is 17.8. The zero-order chi connectivity index (χ0) is 25.3. The first-order valence-corrected chi connectivity index (χ1v) is 14.1. The maximum absolute atomic E-state index is 5.51. The topological polar surface area (TPSA) is 71.3 Å². The molecule has 8 nitrogen and oxygen atoms in total. The lowest BCUT2D eigenvalue weighted by molar-refractivity contribution is 0.122. The molecule has 2 aromatic heterocycles. The molecular weight excluding hydrogens is 474 g/mol. The van der Waals surface area contributed by atoms with Crippen LogP contribution in [0.15, 0.2) is 54.9 Å². The minimum Gasteiger partial charge on any atom is -0.378 e. The lowest BCUT2D eigenvalue weighted by Crippen LogP contribution is -2.36. The fourth-order valence-corrected chi connectivity index (χ4v) is 6.14. The molecule has 2 aromatic carbocycles. The molecule has 8 heteroatoms. The van der Waals surface area contributed by atoms with E-state index in [2.05, 4.69) is 68.2 Å². The summed E-state index contributed by atoms with van der Waals surface area (Å²) in [7, 11) is 0. The van der Waals surface area contributed by atoms with Gasteiger partial charge in [-0.15, -0.1) is 0 Å². The van der Waals surface area contributed by atoms with Crippen LogP contribution in [0.25, 0.3) is 11.2 Å². The van der Waals surface area contributed by atoms with Crippen LogP contribution in [0, 0.1) is 0 Å². The second-order valence-corrected chi connectivity index (χ2v) is 10.7. The van der Waals surface area contributed by atoms with Gasteiger partial charge in [0.05, 0.1) is 19.5 Å². The summed E-state index contributed by atoms with van der Waals surface area (Å²) in [6.45, 7) is 5.17. The molecule has 4 heterocycles. The van der Waals surface area contributed by atoms with Gasteiger partial charge < -0.3 is 24.4 Å². The van der Waals surface area contributed by atoms with Crippen LogP contribution in [0.5, 0.6) is 0 Å². The van der Waals surface area contributed by atoms with Crippen molar-refractivity contribution in [1.82, 2.24) is 19.5 Å². The van der Waals surface area contributed by atoms with E-state index >= 15 is 0 Å². The number of morpholine rings is 1. The smallest absolute Gasteiger partial charge is 0.229 e. The number of aromatic nitrogens is 4. The predicted octanol–water partition coefficient (Wildman–Crippen LogP) is 5.47. The molecular formula is C30H35N7O. The van der Waals surface area contributed by atoms with Crippen molar-refractivity contribution in [3.8, 4) is 0 Å². The highest BCUT2D eigenvalue weighted by molar-refractivity contribution is 5.87. The highest BCUT2D eigenvalue weighted by Crippen LogP contribution is 2.34. The number of hydrogen-bond acceptors (Lipinski definition) is 7. The molecule has 0 amide bonds. The molecule has 1 N–H and O–H groups in total. The van der Waals surface area contributed by atoms with Crippen LogP contribution in [0.4, 0.5) is 23.1 Å². The fourth-order valence-electron chi connectivity index (χ4n) is 6.14. The highest BCUT2D eigenvalue weighted by atomic mass is 16.5. The summed E-state index contributed by atoms with van der Waals surface area (Å²) >= 11 is 0. The van der Waals surface area contributed by atoms with E-state index in [4.69, 9.17) is 19.7 Å². The fraction of sp³-hybridized carbons (Fsp3) is 0.433. The summed E-state index contributed by atoms with van der Waals surface area (Å²) in [5, 5.41) is 3.60. The van der Waals surface area contributed by atoms with Gasteiger partial charge in [0.1, 0.15) is 0 Å². The van der Waals surface area contributed by atoms with Gasteiger partial charge in [-0.05, 0) is 54.7 Å². The average molecular weight is 510 g/mol. The molecule has 3 aliphatic rings. The Hall–Kier alpha value is -3.65. The van der Waals surface area contributed by atoms with Gasteiger partial charge in [0.2, 0.25) is 5.95 Å². The van der Waals surface area contributed by atoms with Crippen LogP contribution in [0.2, 0.25) is 0 Å². The van der Waals surface area contributed by atoms with Gasteiger partial charge in [0.15, 0.2) is 17.0 Å². The van der Waals surface area contributed by atoms with E-state index in [0.29, 0.717) is 6.04 Å². The monoisotopic (exact) mass is 509 g/mol. The highest BCUT2D eigenvalue weighted by Gasteiger charge is 2.24. The van der Waals surface area contributed by atoms with Gasteiger partial charge in [-0.3, -0.25) is 0 Å². The first-order valence-electron chi connectivity index (χ1n) is 14.1. The van der Waals surface area contributed by atoms with Crippen molar-refractivity contribution < 1.29 is 4.74 Å². The summed E-state index contributed by atoms with van der Waals surface area (Å²) in [6.07, 6.45) is 9.23. The number of nitrogens with zero attached hydrogens (tertiary/aromatic N) is 6.